The second-order valence-corrected chi connectivity index (χ2v) is 5.12. The average Bonchev–Trinajstić information content (AvgIpc) is 2.44. The highest BCUT2D eigenvalue weighted by Gasteiger charge is 2.15. The molecule has 0 amide bonds. The van der Waals surface area contributed by atoms with Crippen molar-refractivity contribution in [1.29, 1.82) is 0 Å². The Labute approximate surface area is 120 Å². The molecule has 0 saturated carbocycles. The summed E-state index contributed by atoms with van der Waals surface area (Å²) in [7, 11) is 3.48. The van der Waals surface area contributed by atoms with Crippen LogP contribution in [-0.2, 0) is 14.2 Å². The van der Waals surface area contributed by atoms with Gasteiger partial charge in [0.05, 0.1) is 6.10 Å². The van der Waals surface area contributed by atoms with Gasteiger partial charge in [-0.15, -0.1) is 0 Å². The van der Waals surface area contributed by atoms with Crippen LogP contribution in [-0.4, -0.2) is 33.2 Å². The van der Waals surface area contributed by atoms with E-state index in [9.17, 15) is 0 Å². The Morgan fingerprint density at radius 1 is 0.789 bits per heavy atom. The van der Waals surface area contributed by atoms with Gasteiger partial charge in [-0.2, -0.15) is 0 Å². The molecule has 0 aromatic carbocycles. The van der Waals surface area contributed by atoms with Crippen molar-refractivity contribution in [1.82, 2.24) is 0 Å². The van der Waals surface area contributed by atoms with Crippen LogP contribution in [0.15, 0.2) is 0 Å². The third-order valence-corrected chi connectivity index (χ3v) is 3.53. The standard InChI is InChI=1S/C16H34O3/c1-5-7-8-9-10-11-12-13-15(17-3)14-16(18-4)19-6-2/h15-16H,5-14H2,1-4H3. The van der Waals surface area contributed by atoms with Crippen LogP contribution < -0.4 is 0 Å². The van der Waals surface area contributed by atoms with Crippen molar-refractivity contribution in [2.24, 2.45) is 0 Å². The van der Waals surface area contributed by atoms with Crippen LogP contribution in [0.1, 0.15) is 71.6 Å². The van der Waals surface area contributed by atoms with Gasteiger partial charge in [0.1, 0.15) is 0 Å². The first-order chi connectivity index (χ1) is 9.28. The molecule has 0 aliphatic carbocycles. The maximum Gasteiger partial charge on any atom is 0.159 e. The van der Waals surface area contributed by atoms with Crippen LogP contribution >= 0.6 is 0 Å². The largest absolute Gasteiger partial charge is 0.381 e. The fraction of sp³-hybridized carbons (Fsp3) is 1.00. The fourth-order valence-corrected chi connectivity index (χ4v) is 2.29. The Hall–Kier alpha value is -0.120. The summed E-state index contributed by atoms with van der Waals surface area (Å²) in [6.45, 7) is 4.93. The normalized spacial score (nSPS) is 14.5. The summed E-state index contributed by atoms with van der Waals surface area (Å²) < 4.78 is 16.3. The maximum atomic E-state index is 5.51. The Balaban J connectivity index is 3.58. The summed E-state index contributed by atoms with van der Waals surface area (Å²) in [4.78, 5) is 0. The van der Waals surface area contributed by atoms with E-state index >= 15 is 0 Å². The maximum absolute atomic E-state index is 5.51. The zero-order valence-electron chi connectivity index (χ0n) is 13.5. The molecule has 3 nitrogen and oxygen atoms in total. The minimum Gasteiger partial charge on any atom is -0.381 e. The lowest BCUT2D eigenvalue weighted by Gasteiger charge is -2.21. The SMILES string of the molecule is CCCCCCCCCC(CC(OC)OCC)OC. The Morgan fingerprint density at radius 3 is 1.95 bits per heavy atom. The van der Waals surface area contributed by atoms with Crippen molar-refractivity contribution >= 4 is 0 Å². The van der Waals surface area contributed by atoms with Gasteiger partial charge in [-0.3, -0.25) is 0 Å². The number of hydrogen-bond acceptors (Lipinski definition) is 3. The average molecular weight is 274 g/mol. The molecule has 0 aliphatic rings. The topological polar surface area (TPSA) is 27.7 Å². The van der Waals surface area contributed by atoms with E-state index in [-0.39, 0.29) is 12.4 Å². The minimum atomic E-state index is -0.125. The van der Waals surface area contributed by atoms with Gasteiger partial charge in [0.15, 0.2) is 6.29 Å². The molecule has 2 atom stereocenters. The van der Waals surface area contributed by atoms with Crippen molar-refractivity contribution in [3.63, 3.8) is 0 Å². The van der Waals surface area contributed by atoms with Gasteiger partial charge in [-0.05, 0) is 13.3 Å². The lowest BCUT2D eigenvalue weighted by molar-refractivity contribution is -0.141. The van der Waals surface area contributed by atoms with Crippen LogP contribution in [0.4, 0.5) is 0 Å². The monoisotopic (exact) mass is 274 g/mol. The predicted molar refractivity (Wildman–Crippen MR) is 80.4 cm³/mol. The molecule has 0 fully saturated rings. The highest BCUT2D eigenvalue weighted by molar-refractivity contribution is 4.61. The molecule has 116 valence electrons. The summed E-state index contributed by atoms with van der Waals surface area (Å²) in [5.74, 6) is 0. The van der Waals surface area contributed by atoms with Crippen molar-refractivity contribution < 1.29 is 14.2 Å². The third kappa shape index (κ3) is 11.4. The summed E-state index contributed by atoms with van der Waals surface area (Å²) in [6, 6.07) is 0. The fourth-order valence-electron chi connectivity index (χ4n) is 2.29. The summed E-state index contributed by atoms with van der Waals surface area (Å²) in [6.07, 6.45) is 11.5. The molecule has 0 aromatic rings. The summed E-state index contributed by atoms with van der Waals surface area (Å²) in [5.41, 5.74) is 0. The minimum absolute atomic E-state index is 0.125. The zero-order valence-corrected chi connectivity index (χ0v) is 13.5. The van der Waals surface area contributed by atoms with Gasteiger partial charge < -0.3 is 14.2 Å². The second kappa shape index (κ2) is 14.3. The van der Waals surface area contributed by atoms with Crippen LogP contribution in [0.2, 0.25) is 0 Å². The zero-order chi connectivity index (χ0) is 14.3. The molecule has 0 aliphatic heterocycles. The lowest BCUT2D eigenvalue weighted by Crippen LogP contribution is -2.24. The van der Waals surface area contributed by atoms with E-state index in [4.69, 9.17) is 14.2 Å². The molecule has 0 spiro atoms. The van der Waals surface area contributed by atoms with E-state index in [0.717, 1.165) is 12.8 Å². The van der Waals surface area contributed by atoms with E-state index in [1.807, 2.05) is 6.92 Å². The van der Waals surface area contributed by atoms with Crippen molar-refractivity contribution in [2.75, 3.05) is 20.8 Å². The van der Waals surface area contributed by atoms with E-state index < -0.39 is 0 Å². The van der Waals surface area contributed by atoms with Gasteiger partial charge in [0.2, 0.25) is 0 Å². The molecular formula is C16H34O3. The van der Waals surface area contributed by atoms with Crippen molar-refractivity contribution in [3.05, 3.63) is 0 Å². The van der Waals surface area contributed by atoms with Crippen molar-refractivity contribution in [3.8, 4) is 0 Å². The predicted octanol–water partition coefficient (Wildman–Crippen LogP) is 4.54. The van der Waals surface area contributed by atoms with Gasteiger partial charge in [0, 0.05) is 27.2 Å². The molecular weight excluding hydrogens is 240 g/mol. The van der Waals surface area contributed by atoms with Gasteiger partial charge in [0.25, 0.3) is 0 Å². The first-order valence-corrected chi connectivity index (χ1v) is 7.95. The number of unbranched alkanes of at least 4 members (excludes halogenated alkanes) is 6. The second-order valence-electron chi connectivity index (χ2n) is 5.12. The molecule has 0 saturated heterocycles. The Kier molecular flexibility index (Phi) is 14.2. The summed E-state index contributed by atoms with van der Waals surface area (Å²) in [5, 5.41) is 0. The van der Waals surface area contributed by atoms with Gasteiger partial charge >= 0.3 is 0 Å². The molecule has 0 aromatic heterocycles. The molecule has 0 radical (unpaired) electrons. The smallest absolute Gasteiger partial charge is 0.159 e. The molecule has 0 N–H and O–H groups in total. The van der Waals surface area contributed by atoms with Gasteiger partial charge in [-0.25, -0.2) is 0 Å². The number of hydrogen-bond donors (Lipinski definition) is 0. The van der Waals surface area contributed by atoms with Crippen LogP contribution in [0.5, 0.6) is 0 Å². The molecule has 0 heterocycles. The number of rotatable bonds is 14. The number of methoxy groups -OCH3 is 2. The quantitative estimate of drug-likeness (QED) is 0.344. The first kappa shape index (κ1) is 18.9. The Bertz CT molecular complexity index is 173. The Morgan fingerprint density at radius 2 is 1.42 bits per heavy atom. The van der Waals surface area contributed by atoms with Crippen molar-refractivity contribution in [2.45, 2.75) is 84.0 Å². The van der Waals surface area contributed by atoms with Crippen LogP contribution in [0, 0.1) is 0 Å². The molecule has 0 rings (SSSR count). The van der Waals surface area contributed by atoms with Gasteiger partial charge in [-0.1, -0.05) is 51.9 Å². The first-order valence-electron chi connectivity index (χ1n) is 7.95. The molecule has 0 bridgehead atoms. The van der Waals surface area contributed by atoms with E-state index in [1.165, 1.54) is 44.9 Å². The molecule has 2 unspecified atom stereocenters. The van der Waals surface area contributed by atoms with E-state index in [2.05, 4.69) is 6.92 Å². The summed E-state index contributed by atoms with van der Waals surface area (Å²) >= 11 is 0. The lowest BCUT2D eigenvalue weighted by atomic mass is 10.0. The third-order valence-electron chi connectivity index (χ3n) is 3.53. The van der Waals surface area contributed by atoms with E-state index in [0.29, 0.717) is 6.61 Å². The molecule has 19 heavy (non-hydrogen) atoms. The van der Waals surface area contributed by atoms with E-state index in [1.54, 1.807) is 14.2 Å². The highest BCUT2D eigenvalue weighted by atomic mass is 16.7. The molecule has 3 heteroatoms. The van der Waals surface area contributed by atoms with Crippen LogP contribution in [0.25, 0.3) is 0 Å². The van der Waals surface area contributed by atoms with Crippen LogP contribution in [0.3, 0.4) is 0 Å². The number of ether oxygens (including phenoxy) is 3. The highest BCUT2D eigenvalue weighted by Crippen LogP contribution is 2.15.